The summed E-state index contributed by atoms with van der Waals surface area (Å²) in [6.45, 7) is 0.723. The smallest absolute Gasteiger partial charge is 0.327 e. The predicted molar refractivity (Wildman–Crippen MR) is 39.7 cm³/mol. The molecule has 0 aromatic heterocycles. The fourth-order valence-electron chi connectivity index (χ4n) is 0.325. The first-order valence-corrected chi connectivity index (χ1v) is 4.33. The first-order chi connectivity index (χ1) is 5.02. The van der Waals surface area contributed by atoms with Crippen LogP contribution >= 0.6 is 11.8 Å². The maximum atomic E-state index is 12.3. The van der Waals surface area contributed by atoms with E-state index in [1.165, 1.54) is 6.26 Å². The van der Waals surface area contributed by atoms with Crippen LogP contribution in [0, 0.1) is 0 Å². The third-order valence-corrected chi connectivity index (χ3v) is 1.70. The Hall–Kier alpha value is -0.320. The number of halogens is 2. The summed E-state index contributed by atoms with van der Waals surface area (Å²) in [6.07, 6.45) is 1.39. The van der Waals surface area contributed by atoms with Gasteiger partial charge in [-0.2, -0.15) is 8.78 Å². The summed E-state index contributed by atoms with van der Waals surface area (Å²) in [6, 6.07) is 0. The zero-order chi connectivity index (χ0) is 8.91. The summed E-state index contributed by atoms with van der Waals surface area (Å²) < 4.78 is 28.9. The second-order valence-electron chi connectivity index (χ2n) is 1.86. The van der Waals surface area contributed by atoms with Crippen molar-refractivity contribution in [1.82, 2.24) is 0 Å². The number of rotatable bonds is 4. The molecule has 0 bridgehead atoms. The first kappa shape index (κ1) is 10.7. The van der Waals surface area contributed by atoms with Gasteiger partial charge in [0.15, 0.2) is 6.61 Å². The van der Waals surface area contributed by atoms with Gasteiger partial charge in [-0.3, -0.25) is 4.79 Å². The quantitative estimate of drug-likeness (QED) is 0.624. The van der Waals surface area contributed by atoms with Gasteiger partial charge in [0.1, 0.15) is 0 Å². The summed E-state index contributed by atoms with van der Waals surface area (Å²) in [5.41, 5.74) is 0. The number of carbonyl (C=O) groups excluding carboxylic acids is 1. The highest BCUT2D eigenvalue weighted by Gasteiger charge is 2.28. The third kappa shape index (κ3) is 5.01. The predicted octanol–water partition coefficient (Wildman–Crippen LogP) is 1.90. The molecule has 66 valence electrons. The van der Waals surface area contributed by atoms with Crippen molar-refractivity contribution in [2.75, 3.05) is 12.9 Å². The number of alkyl halides is 2. The van der Waals surface area contributed by atoms with Crippen molar-refractivity contribution in [3.63, 3.8) is 0 Å². The number of hydrogen-bond acceptors (Lipinski definition) is 3. The molecule has 2 nitrogen and oxygen atoms in total. The molecule has 0 aliphatic heterocycles. The van der Waals surface area contributed by atoms with Crippen molar-refractivity contribution < 1.29 is 18.3 Å². The van der Waals surface area contributed by atoms with Crippen LogP contribution < -0.4 is 0 Å². The molecule has 0 heterocycles. The molecular weight excluding hydrogens is 174 g/mol. The fourth-order valence-corrected chi connectivity index (χ4v) is 0.502. The normalized spacial score (nSPS) is 11.3. The third-order valence-electron chi connectivity index (χ3n) is 0.989. The van der Waals surface area contributed by atoms with Gasteiger partial charge in [-0.25, -0.2) is 0 Å². The lowest BCUT2D eigenvalue weighted by molar-refractivity contribution is -0.148. The van der Waals surface area contributed by atoms with Gasteiger partial charge in [-0.05, 0) is 6.26 Å². The van der Waals surface area contributed by atoms with E-state index >= 15 is 0 Å². The number of ether oxygens (including phenoxy) is 1. The maximum Gasteiger partial charge on any atom is 0.327 e. The first-order valence-electron chi connectivity index (χ1n) is 3.10. The average molecular weight is 184 g/mol. The molecule has 0 amide bonds. The van der Waals surface area contributed by atoms with E-state index in [1.807, 2.05) is 0 Å². The van der Waals surface area contributed by atoms with Gasteiger partial charge in [0, 0.05) is 6.42 Å². The number of esters is 1. The van der Waals surface area contributed by atoms with Crippen LogP contribution in [0.1, 0.15) is 13.3 Å². The lowest BCUT2D eigenvalue weighted by atomic mass is 10.5. The Morgan fingerprint density at radius 2 is 2.18 bits per heavy atom. The highest BCUT2D eigenvalue weighted by atomic mass is 32.2. The van der Waals surface area contributed by atoms with Gasteiger partial charge < -0.3 is 4.74 Å². The van der Waals surface area contributed by atoms with E-state index in [4.69, 9.17) is 0 Å². The molecule has 0 aliphatic carbocycles. The average Bonchev–Trinajstić information content (AvgIpc) is 2.00. The SMILES string of the molecule is CCC(=O)OCC(F)(F)SC. The van der Waals surface area contributed by atoms with Gasteiger partial charge in [0.25, 0.3) is 0 Å². The van der Waals surface area contributed by atoms with Crippen molar-refractivity contribution in [1.29, 1.82) is 0 Å². The Morgan fingerprint density at radius 3 is 2.55 bits per heavy atom. The van der Waals surface area contributed by atoms with Crippen LogP contribution in [0.25, 0.3) is 0 Å². The molecule has 0 aliphatic rings. The molecule has 0 radical (unpaired) electrons. The molecule has 0 spiro atoms. The minimum atomic E-state index is -2.95. The topological polar surface area (TPSA) is 26.3 Å². The van der Waals surface area contributed by atoms with Crippen LogP contribution in [-0.4, -0.2) is 24.1 Å². The summed E-state index contributed by atoms with van der Waals surface area (Å²) >= 11 is 0.369. The van der Waals surface area contributed by atoms with E-state index in [1.54, 1.807) is 6.92 Å². The molecule has 0 atom stereocenters. The fraction of sp³-hybridized carbons (Fsp3) is 0.833. The Kier molecular flexibility index (Phi) is 4.40. The van der Waals surface area contributed by atoms with Crippen molar-refractivity contribution in [3.05, 3.63) is 0 Å². The molecule has 0 aromatic carbocycles. The number of carbonyl (C=O) groups is 1. The highest BCUT2D eigenvalue weighted by molar-refractivity contribution is 7.99. The number of thioether (sulfide) groups is 1. The molecule has 0 aromatic rings. The van der Waals surface area contributed by atoms with E-state index < -0.39 is 17.8 Å². The van der Waals surface area contributed by atoms with E-state index in [0.717, 1.165) is 0 Å². The van der Waals surface area contributed by atoms with Crippen LogP contribution in [0.3, 0.4) is 0 Å². The largest absolute Gasteiger partial charge is 0.458 e. The van der Waals surface area contributed by atoms with Crippen molar-refractivity contribution >= 4 is 17.7 Å². The zero-order valence-corrected chi connectivity index (χ0v) is 7.21. The van der Waals surface area contributed by atoms with E-state index in [9.17, 15) is 13.6 Å². The van der Waals surface area contributed by atoms with E-state index in [0.29, 0.717) is 11.8 Å². The Bertz CT molecular complexity index is 139. The van der Waals surface area contributed by atoms with Crippen molar-refractivity contribution in [2.24, 2.45) is 0 Å². The Morgan fingerprint density at radius 1 is 1.64 bits per heavy atom. The van der Waals surface area contributed by atoms with Crippen LogP contribution in [0.2, 0.25) is 0 Å². The standard InChI is InChI=1S/C6H10F2O2S/c1-3-5(9)10-4-6(7,8)11-2/h3-4H2,1-2H3. The van der Waals surface area contributed by atoms with E-state index in [-0.39, 0.29) is 6.42 Å². The molecule has 0 N–H and O–H groups in total. The summed E-state index contributed by atoms with van der Waals surface area (Å²) in [5, 5.41) is -2.95. The summed E-state index contributed by atoms with van der Waals surface area (Å²) in [7, 11) is 0. The Balaban J connectivity index is 3.61. The number of hydrogen-bond donors (Lipinski definition) is 0. The minimum Gasteiger partial charge on any atom is -0.458 e. The van der Waals surface area contributed by atoms with Crippen LogP contribution in [0.4, 0.5) is 8.78 Å². The zero-order valence-electron chi connectivity index (χ0n) is 6.39. The second-order valence-corrected chi connectivity index (χ2v) is 2.86. The lowest BCUT2D eigenvalue weighted by Gasteiger charge is -2.12. The van der Waals surface area contributed by atoms with Crippen LogP contribution in [0.15, 0.2) is 0 Å². The lowest BCUT2D eigenvalue weighted by Crippen LogP contribution is -2.21. The second kappa shape index (κ2) is 4.54. The molecular formula is C6H10F2O2S. The summed E-state index contributed by atoms with van der Waals surface area (Å²) in [5.74, 6) is -0.598. The van der Waals surface area contributed by atoms with E-state index in [2.05, 4.69) is 4.74 Å². The monoisotopic (exact) mass is 184 g/mol. The van der Waals surface area contributed by atoms with Crippen LogP contribution in [0.5, 0.6) is 0 Å². The van der Waals surface area contributed by atoms with Crippen molar-refractivity contribution in [2.45, 2.75) is 18.6 Å². The molecule has 0 fully saturated rings. The maximum absolute atomic E-state index is 12.3. The minimum absolute atomic E-state index is 0.129. The molecule has 11 heavy (non-hydrogen) atoms. The van der Waals surface area contributed by atoms with Gasteiger partial charge in [0.2, 0.25) is 0 Å². The molecule has 0 saturated heterocycles. The van der Waals surface area contributed by atoms with Gasteiger partial charge in [0.05, 0.1) is 0 Å². The molecule has 0 unspecified atom stereocenters. The van der Waals surface area contributed by atoms with Crippen molar-refractivity contribution in [3.8, 4) is 0 Å². The Labute approximate surface area is 68.3 Å². The van der Waals surface area contributed by atoms with Gasteiger partial charge in [-0.15, -0.1) is 0 Å². The van der Waals surface area contributed by atoms with Gasteiger partial charge >= 0.3 is 11.2 Å². The molecule has 5 heteroatoms. The van der Waals surface area contributed by atoms with Crippen LogP contribution in [-0.2, 0) is 9.53 Å². The molecule has 0 saturated carbocycles. The molecule has 0 rings (SSSR count). The van der Waals surface area contributed by atoms with Gasteiger partial charge in [-0.1, -0.05) is 18.7 Å². The highest BCUT2D eigenvalue weighted by Crippen LogP contribution is 2.26. The summed E-state index contributed by atoms with van der Waals surface area (Å²) in [4.78, 5) is 10.4.